The van der Waals surface area contributed by atoms with E-state index in [0.717, 1.165) is 17.6 Å². The lowest BCUT2D eigenvalue weighted by atomic mass is 10.1. The van der Waals surface area contributed by atoms with Crippen molar-refractivity contribution in [3.8, 4) is 0 Å². The molecule has 1 heterocycles. The molecular formula is C29H52N4. The van der Waals surface area contributed by atoms with E-state index in [1.807, 2.05) is 0 Å². The molecule has 2 rings (SSSR count). The number of nitrogens with one attached hydrogen (secondary N) is 1. The van der Waals surface area contributed by atoms with Crippen LogP contribution in [0.5, 0.6) is 0 Å². The molecule has 0 bridgehead atoms. The van der Waals surface area contributed by atoms with Crippen LogP contribution < -0.4 is 0 Å². The lowest BCUT2D eigenvalue weighted by Crippen LogP contribution is -2.26. The first-order chi connectivity index (χ1) is 16.3. The van der Waals surface area contributed by atoms with E-state index in [1.54, 1.807) is 0 Å². The Morgan fingerprint density at radius 2 is 1.12 bits per heavy atom. The molecule has 0 fully saturated rings. The van der Waals surface area contributed by atoms with Gasteiger partial charge in [0.05, 0.1) is 5.52 Å². The normalized spacial score (nSPS) is 11.7. The fourth-order valence-corrected chi connectivity index (χ4v) is 4.86. The van der Waals surface area contributed by atoms with Crippen LogP contribution in [0.15, 0.2) is 18.2 Å². The standard InChI is InChI=1S/C29H52N4/c1-3-5-7-9-11-13-15-17-19-24-33(25-20-18-16-14-12-10-8-6-4-2)26-27-22-21-23-28-29(27)31-32-30-28/h21-23H,3-20,24-26H2,1-2H3,(H,30,31,32). The van der Waals surface area contributed by atoms with Crippen molar-refractivity contribution >= 4 is 11.0 Å². The first-order valence-electron chi connectivity index (χ1n) is 14.4. The number of benzene rings is 1. The highest BCUT2D eigenvalue weighted by molar-refractivity contribution is 5.77. The van der Waals surface area contributed by atoms with Crippen LogP contribution in [-0.2, 0) is 6.54 Å². The van der Waals surface area contributed by atoms with Crippen molar-refractivity contribution in [3.05, 3.63) is 23.8 Å². The largest absolute Gasteiger partial charge is 0.299 e. The molecule has 4 heteroatoms. The second-order valence-corrected chi connectivity index (χ2v) is 10.1. The zero-order chi connectivity index (χ0) is 23.4. The van der Waals surface area contributed by atoms with Crippen LogP contribution in [0.4, 0.5) is 0 Å². The highest BCUT2D eigenvalue weighted by atomic mass is 15.3. The first-order valence-corrected chi connectivity index (χ1v) is 14.4. The van der Waals surface area contributed by atoms with Gasteiger partial charge < -0.3 is 0 Å². The summed E-state index contributed by atoms with van der Waals surface area (Å²) in [5.74, 6) is 0. The quantitative estimate of drug-likeness (QED) is 0.180. The van der Waals surface area contributed by atoms with E-state index in [4.69, 9.17) is 0 Å². The molecule has 2 aromatic rings. The van der Waals surface area contributed by atoms with Gasteiger partial charge in [0.2, 0.25) is 0 Å². The van der Waals surface area contributed by atoms with Gasteiger partial charge in [0.25, 0.3) is 0 Å². The molecule has 0 spiro atoms. The maximum absolute atomic E-state index is 4.34. The summed E-state index contributed by atoms with van der Waals surface area (Å²) in [5, 5.41) is 11.4. The fourth-order valence-electron chi connectivity index (χ4n) is 4.86. The van der Waals surface area contributed by atoms with Gasteiger partial charge in [0.1, 0.15) is 5.52 Å². The smallest absolute Gasteiger partial charge is 0.117 e. The van der Waals surface area contributed by atoms with Gasteiger partial charge >= 0.3 is 0 Å². The predicted octanol–water partition coefficient (Wildman–Crippen LogP) is 8.82. The molecule has 0 atom stereocenters. The number of nitrogens with zero attached hydrogens (tertiary/aromatic N) is 3. The Bertz CT molecular complexity index is 674. The average Bonchev–Trinajstić information content (AvgIpc) is 3.31. The Labute approximate surface area is 204 Å². The van der Waals surface area contributed by atoms with Crippen LogP contribution >= 0.6 is 0 Å². The minimum atomic E-state index is 0.998. The summed E-state index contributed by atoms with van der Waals surface area (Å²) < 4.78 is 0. The summed E-state index contributed by atoms with van der Waals surface area (Å²) >= 11 is 0. The van der Waals surface area contributed by atoms with E-state index < -0.39 is 0 Å². The van der Waals surface area contributed by atoms with Crippen molar-refractivity contribution in [2.24, 2.45) is 0 Å². The van der Waals surface area contributed by atoms with Gasteiger partial charge in [-0.3, -0.25) is 10.00 Å². The first kappa shape index (κ1) is 27.8. The van der Waals surface area contributed by atoms with Crippen LogP contribution in [0, 0.1) is 0 Å². The van der Waals surface area contributed by atoms with E-state index in [-0.39, 0.29) is 0 Å². The van der Waals surface area contributed by atoms with Crippen molar-refractivity contribution in [3.63, 3.8) is 0 Å². The molecule has 188 valence electrons. The average molecular weight is 457 g/mol. The van der Waals surface area contributed by atoms with E-state index in [2.05, 4.69) is 52.4 Å². The maximum Gasteiger partial charge on any atom is 0.117 e. The molecule has 4 nitrogen and oxygen atoms in total. The molecule has 0 unspecified atom stereocenters. The Kier molecular flexibility index (Phi) is 16.0. The summed E-state index contributed by atoms with van der Waals surface area (Å²) in [4.78, 5) is 2.67. The molecule has 1 aromatic carbocycles. The van der Waals surface area contributed by atoms with Gasteiger partial charge in [-0.25, -0.2) is 0 Å². The summed E-state index contributed by atoms with van der Waals surface area (Å²) in [6.07, 6.45) is 25.1. The number of aromatic amines is 1. The molecule has 0 amide bonds. The third-order valence-corrected chi connectivity index (χ3v) is 6.99. The Balaban J connectivity index is 1.68. The number of unbranched alkanes of at least 4 members (excludes halogenated alkanes) is 16. The maximum atomic E-state index is 4.34. The zero-order valence-electron chi connectivity index (χ0n) is 21.9. The summed E-state index contributed by atoms with van der Waals surface area (Å²) in [6, 6.07) is 6.43. The lowest BCUT2D eigenvalue weighted by molar-refractivity contribution is 0.253. The van der Waals surface area contributed by atoms with Crippen LogP contribution in [-0.4, -0.2) is 33.4 Å². The predicted molar refractivity (Wildman–Crippen MR) is 144 cm³/mol. The summed E-state index contributed by atoms with van der Waals surface area (Å²) in [5.41, 5.74) is 3.41. The van der Waals surface area contributed by atoms with E-state index in [0.29, 0.717) is 0 Å². The third-order valence-electron chi connectivity index (χ3n) is 6.99. The highest BCUT2D eigenvalue weighted by Crippen LogP contribution is 2.18. The summed E-state index contributed by atoms with van der Waals surface area (Å²) in [7, 11) is 0. The van der Waals surface area contributed by atoms with Gasteiger partial charge in [0.15, 0.2) is 0 Å². The molecule has 0 aliphatic carbocycles. The minimum Gasteiger partial charge on any atom is -0.299 e. The lowest BCUT2D eigenvalue weighted by Gasteiger charge is -2.22. The fraction of sp³-hybridized carbons (Fsp3) is 0.793. The van der Waals surface area contributed by atoms with Crippen molar-refractivity contribution in [2.45, 2.75) is 136 Å². The van der Waals surface area contributed by atoms with Crippen LogP contribution in [0.2, 0.25) is 0 Å². The van der Waals surface area contributed by atoms with Gasteiger partial charge in [-0.15, -0.1) is 5.10 Å². The second-order valence-electron chi connectivity index (χ2n) is 10.1. The number of hydrogen-bond acceptors (Lipinski definition) is 3. The monoisotopic (exact) mass is 456 g/mol. The second kappa shape index (κ2) is 18.9. The van der Waals surface area contributed by atoms with Gasteiger partial charge in [-0.2, -0.15) is 0 Å². The van der Waals surface area contributed by atoms with Crippen molar-refractivity contribution in [1.82, 2.24) is 20.3 Å². The topological polar surface area (TPSA) is 44.8 Å². The SMILES string of the molecule is CCCCCCCCCCCN(CCCCCCCCCCC)Cc1cccc2[nH]nnc12. The highest BCUT2D eigenvalue weighted by Gasteiger charge is 2.10. The van der Waals surface area contributed by atoms with E-state index in [9.17, 15) is 0 Å². The molecule has 0 aliphatic heterocycles. The molecule has 0 aliphatic rings. The minimum absolute atomic E-state index is 0.998. The molecule has 0 radical (unpaired) electrons. The van der Waals surface area contributed by atoms with Gasteiger partial charge in [-0.1, -0.05) is 134 Å². The molecular weight excluding hydrogens is 404 g/mol. The molecule has 1 N–H and O–H groups in total. The zero-order valence-corrected chi connectivity index (χ0v) is 21.9. The number of H-pyrrole nitrogens is 1. The number of hydrogen-bond donors (Lipinski definition) is 1. The summed E-state index contributed by atoms with van der Waals surface area (Å²) in [6.45, 7) is 8.01. The molecule has 0 saturated heterocycles. The number of fused-ring (bicyclic) bond motifs is 1. The molecule has 33 heavy (non-hydrogen) atoms. The Hall–Kier alpha value is -1.42. The van der Waals surface area contributed by atoms with Crippen molar-refractivity contribution < 1.29 is 0 Å². The van der Waals surface area contributed by atoms with Gasteiger partial charge in [0, 0.05) is 6.54 Å². The number of aromatic nitrogens is 3. The van der Waals surface area contributed by atoms with Crippen LogP contribution in [0.3, 0.4) is 0 Å². The van der Waals surface area contributed by atoms with Crippen molar-refractivity contribution in [1.29, 1.82) is 0 Å². The Morgan fingerprint density at radius 1 is 0.636 bits per heavy atom. The Morgan fingerprint density at radius 3 is 1.64 bits per heavy atom. The van der Waals surface area contributed by atoms with Crippen LogP contribution in [0.1, 0.15) is 135 Å². The third kappa shape index (κ3) is 12.6. The van der Waals surface area contributed by atoms with Crippen LogP contribution in [0.25, 0.3) is 11.0 Å². The molecule has 0 saturated carbocycles. The molecule has 1 aromatic heterocycles. The van der Waals surface area contributed by atoms with Gasteiger partial charge in [-0.05, 0) is 37.6 Å². The number of rotatable bonds is 22. The van der Waals surface area contributed by atoms with E-state index in [1.165, 1.54) is 134 Å². The van der Waals surface area contributed by atoms with E-state index >= 15 is 0 Å². The van der Waals surface area contributed by atoms with Crippen molar-refractivity contribution in [2.75, 3.05) is 13.1 Å².